The van der Waals surface area contributed by atoms with Gasteiger partial charge in [0.15, 0.2) is 12.3 Å². The lowest BCUT2D eigenvalue weighted by Gasteiger charge is -2.31. The van der Waals surface area contributed by atoms with Crippen molar-refractivity contribution < 1.29 is 38.2 Å². The van der Waals surface area contributed by atoms with Gasteiger partial charge in [-0.05, 0) is 48.9 Å². The lowest BCUT2D eigenvalue weighted by atomic mass is 10.0. The molecule has 3 aliphatic heterocycles. The Labute approximate surface area is 341 Å². The third kappa shape index (κ3) is 9.28. The second kappa shape index (κ2) is 18.2. The van der Waals surface area contributed by atoms with Gasteiger partial charge >= 0.3 is 6.01 Å². The van der Waals surface area contributed by atoms with E-state index in [2.05, 4.69) is 56.8 Å². The van der Waals surface area contributed by atoms with Crippen LogP contribution in [0.1, 0.15) is 77.3 Å². The number of hydrogen-bond acceptors (Lipinski definition) is 14. The van der Waals surface area contributed by atoms with Gasteiger partial charge in [-0.25, -0.2) is 0 Å². The van der Waals surface area contributed by atoms with E-state index in [-0.39, 0.29) is 48.3 Å². The first-order valence-electron chi connectivity index (χ1n) is 19.9. The molecule has 0 aliphatic carbocycles. The zero-order chi connectivity index (χ0) is 41.6. The van der Waals surface area contributed by atoms with Crippen molar-refractivity contribution in [3.63, 3.8) is 0 Å². The summed E-state index contributed by atoms with van der Waals surface area (Å²) < 4.78 is 19.6. The van der Waals surface area contributed by atoms with E-state index >= 15 is 0 Å². The minimum absolute atomic E-state index is 0.0150. The second-order valence-corrected chi connectivity index (χ2v) is 15.2. The maximum atomic E-state index is 13.3. The molecule has 1 atom stereocenters. The minimum atomic E-state index is -1.10. The summed E-state index contributed by atoms with van der Waals surface area (Å²) in [6.45, 7) is 7.79. The zero-order valence-electron chi connectivity index (χ0n) is 33.7. The Balaban J connectivity index is 0.825. The number of fused-ring (bicyclic) bond motifs is 2. The molecule has 0 saturated carbocycles. The monoisotopic (exact) mass is 810 g/mol. The van der Waals surface area contributed by atoms with E-state index in [0.717, 1.165) is 59.8 Å². The van der Waals surface area contributed by atoms with E-state index in [0.29, 0.717) is 31.7 Å². The molecule has 2 fully saturated rings. The van der Waals surface area contributed by atoms with Gasteiger partial charge in [-0.1, -0.05) is 38.1 Å². The second-order valence-electron chi connectivity index (χ2n) is 15.2. The molecule has 18 nitrogen and oxygen atoms in total. The number of benzene rings is 2. The summed E-state index contributed by atoms with van der Waals surface area (Å²) in [7, 11) is 4.05. The van der Waals surface area contributed by atoms with Crippen molar-refractivity contribution in [3.05, 3.63) is 70.9 Å². The average molecular weight is 811 g/mol. The number of imide groups is 2. The van der Waals surface area contributed by atoms with E-state index in [1.54, 1.807) is 4.52 Å². The molecular formula is C41H50N10O8. The number of carbonyl (C=O) groups excluding carboxylic acids is 5. The highest BCUT2D eigenvalue weighted by atomic mass is 16.5. The summed E-state index contributed by atoms with van der Waals surface area (Å²) in [5.74, 6) is -2.09. The van der Waals surface area contributed by atoms with Crippen molar-refractivity contribution in [2.24, 2.45) is 0 Å². The van der Waals surface area contributed by atoms with Crippen LogP contribution in [0.25, 0.3) is 5.65 Å². The summed E-state index contributed by atoms with van der Waals surface area (Å²) in [4.78, 5) is 77.6. The van der Waals surface area contributed by atoms with Gasteiger partial charge in [-0.3, -0.25) is 34.2 Å². The third-order valence-corrected chi connectivity index (χ3v) is 10.6. The summed E-state index contributed by atoms with van der Waals surface area (Å²) >= 11 is 0. The van der Waals surface area contributed by atoms with Crippen molar-refractivity contribution >= 4 is 46.8 Å². The molecule has 3 N–H and O–H groups in total. The minimum Gasteiger partial charge on any atom is -0.483 e. The fraction of sp³-hybridized carbons (Fsp3) is 0.463. The van der Waals surface area contributed by atoms with Gasteiger partial charge in [-0.2, -0.15) is 19.6 Å². The van der Waals surface area contributed by atoms with Crippen LogP contribution in [-0.2, 0) is 25.7 Å². The normalized spacial score (nSPS) is 17.4. The third-order valence-electron chi connectivity index (χ3n) is 10.6. The summed E-state index contributed by atoms with van der Waals surface area (Å²) in [6.07, 6.45) is 3.46. The fourth-order valence-corrected chi connectivity index (χ4v) is 7.48. The number of nitrogens with zero attached hydrogens (tertiary/aromatic N) is 7. The van der Waals surface area contributed by atoms with Crippen molar-refractivity contribution in [2.75, 3.05) is 70.3 Å². The van der Waals surface area contributed by atoms with E-state index in [1.165, 1.54) is 18.2 Å². The predicted octanol–water partition coefficient (Wildman–Crippen LogP) is 2.38. The Morgan fingerprint density at radius 1 is 0.983 bits per heavy atom. The molecule has 7 rings (SSSR count). The van der Waals surface area contributed by atoms with Crippen LogP contribution in [0.4, 0.5) is 11.6 Å². The lowest BCUT2D eigenvalue weighted by molar-refractivity contribution is -0.136. The number of aromatic nitrogens is 4. The number of rotatable bonds is 17. The summed E-state index contributed by atoms with van der Waals surface area (Å²) in [5.41, 5.74) is 4.05. The Bertz CT molecular complexity index is 2220. The maximum absolute atomic E-state index is 13.3. The highest BCUT2D eigenvalue weighted by Crippen LogP contribution is 2.34. The van der Waals surface area contributed by atoms with Gasteiger partial charge in [0.25, 0.3) is 17.7 Å². The molecule has 0 bridgehead atoms. The average Bonchev–Trinajstić information content (AvgIpc) is 3.76. The van der Waals surface area contributed by atoms with Crippen molar-refractivity contribution in [1.29, 1.82) is 0 Å². The molecule has 0 radical (unpaired) electrons. The van der Waals surface area contributed by atoms with Gasteiger partial charge in [0, 0.05) is 64.5 Å². The highest BCUT2D eigenvalue weighted by molar-refractivity contribution is 6.24. The molecule has 3 aliphatic rings. The number of piperidine rings is 2. The molecule has 312 valence electrons. The van der Waals surface area contributed by atoms with Crippen LogP contribution < -0.4 is 30.3 Å². The summed E-state index contributed by atoms with van der Waals surface area (Å²) in [5, 5.41) is 13.0. The molecular weight excluding hydrogens is 761 g/mol. The predicted molar refractivity (Wildman–Crippen MR) is 215 cm³/mol. The zero-order valence-corrected chi connectivity index (χ0v) is 33.7. The molecule has 18 heteroatoms. The molecule has 2 aromatic heterocycles. The van der Waals surface area contributed by atoms with Crippen LogP contribution >= 0.6 is 0 Å². The standard InChI is InChI=1S/C41H50N10O8/c1-25(2)29-23-44-51-36(29)46-41(47-40(51)43-22-26-8-5-6-10-30(26)48(3)4)59-27-14-17-49(18-15-27)19-21-57-20-16-42-34(53)24-58-32-11-7-9-28-35(32)39(56)50(38(28)55)31-12-13-33(52)45-37(31)54/h5-11,23,25,27,31H,12-22,24H2,1-4H3,(H,42,53)(H,43,46,47)(H,45,52,54). The number of carbonyl (C=O) groups is 5. The molecule has 2 aromatic carbocycles. The van der Waals surface area contributed by atoms with Crippen LogP contribution in [0.15, 0.2) is 48.7 Å². The van der Waals surface area contributed by atoms with Crippen molar-refractivity contribution in [2.45, 2.75) is 64.1 Å². The number of anilines is 2. The van der Waals surface area contributed by atoms with Crippen LogP contribution in [0.2, 0.25) is 0 Å². The first-order chi connectivity index (χ1) is 28.5. The van der Waals surface area contributed by atoms with Crippen LogP contribution in [0, 0.1) is 0 Å². The molecule has 4 aromatic rings. The van der Waals surface area contributed by atoms with E-state index in [1.807, 2.05) is 32.4 Å². The quantitative estimate of drug-likeness (QED) is 0.104. The highest BCUT2D eigenvalue weighted by Gasteiger charge is 2.46. The largest absolute Gasteiger partial charge is 0.483 e. The molecule has 59 heavy (non-hydrogen) atoms. The Hall–Kier alpha value is -6.14. The van der Waals surface area contributed by atoms with Crippen LogP contribution in [-0.4, -0.2) is 131 Å². The van der Waals surface area contributed by atoms with Gasteiger partial charge < -0.3 is 34.6 Å². The van der Waals surface area contributed by atoms with E-state index in [9.17, 15) is 24.0 Å². The number of hydrogen-bond donors (Lipinski definition) is 3. The molecule has 5 heterocycles. The van der Waals surface area contributed by atoms with Crippen LogP contribution in [0.3, 0.4) is 0 Å². The topological polar surface area (TPSA) is 202 Å². The fourth-order valence-electron chi connectivity index (χ4n) is 7.48. The van der Waals surface area contributed by atoms with E-state index < -0.39 is 42.2 Å². The molecule has 0 spiro atoms. The van der Waals surface area contributed by atoms with Gasteiger partial charge in [0.1, 0.15) is 17.9 Å². The number of likely N-dealkylation sites (tertiary alicyclic amines) is 1. The van der Waals surface area contributed by atoms with Gasteiger partial charge in [-0.15, -0.1) is 0 Å². The first-order valence-corrected chi connectivity index (χ1v) is 19.9. The number of para-hydroxylation sites is 1. The summed E-state index contributed by atoms with van der Waals surface area (Å²) in [6, 6.07) is 11.9. The van der Waals surface area contributed by atoms with Gasteiger partial charge in [0.2, 0.25) is 17.8 Å². The molecule has 2 saturated heterocycles. The first kappa shape index (κ1) is 41.0. The van der Waals surface area contributed by atoms with E-state index in [4.69, 9.17) is 24.2 Å². The van der Waals surface area contributed by atoms with Gasteiger partial charge in [0.05, 0.1) is 30.5 Å². The number of ether oxygens (including phenoxy) is 3. The molecule has 1 unspecified atom stereocenters. The maximum Gasteiger partial charge on any atom is 0.322 e. The number of amides is 5. The van der Waals surface area contributed by atoms with Crippen molar-refractivity contribution in [1.82, 2.24) is 40.0 Å². The number of nitrogens with one attached hydrogen (secondary N) is 3. The lowest BCUT2D eigenvalue weighted by Crippen LogP contribution is -2.54. The smallest absolute Gasteiger partial charge is 0.322 e. The van der Waals surface area contributed by atoms with Crippen LogP contribution in [0.5, 0.6) is 11.8 Å². The Kier molecular flexibility index (Phi) is 12.7. The Morgan fingerprint density at radius 2 is 1.78 bits per heavy atom. The Morgan fingerprint density at radius 3 is 2.54 bits per heavy atom. The van der Waals surface area contributed by atoms with Crippen molar-refractivity contribution in [3.8, 4) is 11.8 Å². The molecule has 5 amide bonds. The SMILES string of the molecule is CC(C)c1cnn2c(NCc3ccccc3N(C)C)nc(OC3CCN(CCOCCNC(=O)COc4cccc5c4C(=O)N(C4CCC(=O)NC4=O)C5=O)CC3)nc12.